The Balaban J connectivity index is 1.37. The van der Waals surface area contributed by atoms with Gasteiger partial charge in [0, 0.05) is 34.9 Å². The molecular formula is C30H31FN2O. The molecule has 1 amide bonds. The number of fused-ring (bicyclic) bond motifs is 2. The van der Waals surface area contributed by atoms with E-state index in [1.165, 1.54) is 23.3 Å². The van der Waals surface area contributed by atoms with Crippen molar-refractivity contribution in [3.63, 3.8) is 0 Å². The fourth-order valence-corrected chi connectivity index (χ4v) is 5.14. The van der Waals surface area contributed by atoms with Gasteiger partial charge in [-0.2, -0.15) is 0 Å². The van der Waals surface area contributed by atoms with Gasteiger partial charge < -0.3 is 9.88 Å². The topological polar surface area (TPSA) is 34.0 Å². The number of rotatable bonds is 4. The van der Waals surface area contributed by atoms with E-state index in [9.17, 15) is 9.18 Å². The summed E-state index contributed by atoms with van der Waals surface area (Å²) in [7, 11) is 0. The highest BCUT2D eigenvalue weighted by atomic mass is 19.1. The lowest BCUT2D eigenvalue weighted by atomic mass is 9.63. The zero-order valence-corrected chi connectivity index (χ0v) is 20.3. The summed E-state index contributed by atoms with van der Waals surface area (Å²) in [6.45, 7) is 9.79. The monoisotopic (exact) mass is 454 g/mol. The largest absolute Gasteiger partial charge is 0.343 e. The molecule has 4 aromatic rings. The minimum Gasteiger partial charge on any atom is -0.343 e. The number of nitrogens with zero attached hydrogens (tertiary/aromatic N) is 1. The highest BCUT2D eigenvalue weighted by Crippen LogP contribution is 2.45. The van der Waals surface area contributed by atoms with Gasteiger partial charge in [-0.3, -0.25) is 4.79 Å². The minimum atomic E-state index is -0.229. The molecule has 1 aliphatic carbocycles. The van der Waals surface area contributed by atoms with E-state index in [4.69, 9.17) is 0 Å². The smallest absolute Gasteiger partial charge is 0.255 e. The number of halogens is 1. The van der Waals surface area contributed by atoms with Gasteiger partial charge in [0.15, 0.2) is 0 Å². The summed E-state index contributed by atoms with van der Waals surface area (Å²) in [5.41, 5.74) is 6.40. The molecule has 0 aliphatic heterocycles. The molecule has 1 heterocycles. The zero-order valence-electron chi connectivity index (χ0n) is 20.3. The number of carbonyl (C=O) groups excluding carboxylic acids is 1. The van der Waals surface area contributed by atoms with Crippen molar-refractivity contribution >= 4 is 22.5 Å². The van der Waals surface area contributed by atoms with Gasteiger partial charge >= 0.3 is 0 Å². The molecule has 1 N–H and O–H groups in total. The molecular weight excluding hydrogens is 423 g/mol. The van der Waals surface area contributed by atoms with Gasteiger partial charge in [-0.15, -0.1) is 0 Å². The quantitative estimate of drug-likeness (QED) is 0.342. The van der Waals surface area contributed by atoms with Gasteiger partial charge in [0.25, 0.3) is 5.91 Å². The van der Waals surface area contributed by atoms with Crippen molar-refractivity contribution in [3.8, 4) is 0 Å². The molecule has 5 rings (SSSR count). The van der Waals surface area contributed by atoms with Crippen molar-refractivity contribution in [2.45, 2.75) is 57.9 Å². The molecule has 3 aromatic carbocycles. The normalized spacial score (nSPS) is 16.3. The fourth-order valence-electron chi connectivity index (χ4n) is 5.14. The number of nitrogens with one attached hydrogen (secondary N) is 1. The van der Waals surface area contributed by atoms with Crippen LogP contribution in [0.25, 0.3) is 10.9 Å². The van der Waals surface area contributed by atoms with Crippen LogP contribution >= 0.6 is 0 Å². The van der Waals surface area contributed by atoms with Crippen molar-refractivity contribution in [1.29, 1.82) is 0 Å². The van der Waals surface area contributed by atoms with E-state index < -0.39 is 0 Å². The Morgan fingerprint density at radius 2 is 1.59 bits per heavy atom. The lowest BCUT2D eigenvalue weighted by Gasteiger charge is -2.42. The van der Waals surface area contributed by atoms with Crippen LogP contribution < -0.4 is 5.32 Å². The summed E-state index contributed by atoms with van der Waals surface area (Å²) in [4.78, 5) is 13.1. The number of hydrogen-bond donors (Lipinski definition) is 1. The van der Waals surface area contributed by atoms with E-state index >= 15 is 0 Å². The predicted molar refractivity (Wildman–Crippen MR) is 137 cm³/mol. The van der Waals surface area contributed by atoms with Crippen LogP contribution in [0.3, 0.4) is 0 Å². The minimum absolute atomic E-state index is 0.0630. The van der Waals surface area contributed by atoms with E-state index in [-0.39, 0.29) is 22.6 Å². The first-order valence-corrected chi connectivity index (χ1v) is 11.9. The maximum atomic E-state index is 13.2. The first-order chi connectivity index (χ1) is 16.1. The number of carbonyl (C=O) groups is 1. The average molecular weight is 455 g/mol. The first kappa shape index (κ1) is 22.4. The van der Waals surface area contributed by atoms with Crippen molar-refractivity contribution < 1.29 is 9.18 Å². The maximum absolute atomic E-state index is 13.2. The number of amides is 1. The second-order valence-electron chi connectivity index (χ2n) is 10.8. The lowest BCUT2D eigenvalue weighted by Crippen LogP contribution is -2.34. The Morgan fingerprint density at radius 3 is 2.32 bits per heavy atom. The van der Waals surface area contributed by atoms with Crippen LogP contribution in [0.2, 0.25) is 0 Å². The molecule has 1 aliphatic rings. The predicted octanol–water partition coefficient (Wildman–Crippen LogP) is 7.43. The van der Waals surface area contributed by atoms with Gasteiger partial charge in [-0.1, -0.05) is 45.9 Å². The Kier molecular flexibility index (Phi) is 5.35. The summed E-state index contributed by atoms with van der Waals surface area (Å²) < 4.78 is 15.3. The SMILES string of the molecule is CC1(C)CCC(C)(C)c2cc(C(=O)Nc3ccc4c(ccn4Cc4ccc(F)cc4)c3)ccc21. The highest BCUT2D eigenvalue weighted by Gasteiger charge is 2.37. The molecule has 0 radical (unpaired) electrons. The van der Waals surface area contributed by atoms with Crippen LogP contribution in [0.5, 0.6) is 0 Å². The summed E-state index contributed by atoms with van der Waals surface area (Å²) in [6, 6.07) is 20.8. The van der Waals surface area contributed by atoms with Crippen LogP contribution in [-0.2, 0) is 17.4 Å². The van der Waals surface area contributed by atoms with Gasteiger partial charge in [0.2, 0.25) is 0 Å². The maximum Gasteiger partial charge on any atom is 0.255 e. The Labute approximate surface area is 200 Å². The third kappa shape index (κ3) is 4.13. The van der Waals surface area contributed by atoms with E-state index in [0.29, 0.717) is 12.1 Å². The standard InChI is InChI=1S/C30H31FN2O/c1-29(2)14-15-30(3,4)26-18-22(7-11-25(26)29)28(34)32-24-10-12-27-21(17-24)13-16-33(27)19-20-5-8-23(31)9-6-20/h5-13,16-18H,14-15,19H2,1-4H3,(H,32,34). The van der Waals surface area contributed by atoms with Crippen molar-refractivity contribution in [3.05, 3.63) is 101 Å². The van der Waals surface area contributed by atoms with E-state index in [2.05, 4.69) is 49.7 Å². The van der Waals surface area contributed by atoms with Crippen LogP contribution in [0.15, 0.2) is 72.9 Å². The molecule has 1 aromatic heterocycles. The second kappa shape index (κ2) is 8.12. The third-order valence-corrected chi connectivity index (χ3v) is 7.41. The zero-order chi connectivity index (χ0) is 24.1. The molecule has 0 fully saturated rings. The van der Waals surface area contributed by atoms with Crippen LogP contribution in [0.4, 0.5) is 10.1 Å². The molecule has 3 nitrogen and oxygen atoms in total. The van der Waals surface area contributed by atoms with Gasteiger partial charge in [-0.05, 0) is 88.9 Å². The summed E-state index contributed by atoms with van der Waals surface area (Å²) in [6.07, 6.45) is 4.29. The van der Waals surface area contributed by atoms with E-state index in [0.717, 1.165) is 35.0 Å². The van der Waals surface area contributed by atoms with Crippen molar-refractivity contribution in [1.82, 2.24) is 4.57 Å². The summed E-state index contributed by atoms with van der Waals surface area (Å²) in [5, 5.41) is 4.13. The molecule has 174 valence electrons. The number of aromatic nitrogens is 1. The summed E-state index contributed by atoms with van der Waals surface area (Å²) in [5.74, 6) is -0.320. The fraction of sp³-hybridized carbons (Fsp3) is 0.300. The average Bonchev–Trinajstić information content (AvgIpc) is 3.20. The van der Waals surface area contributed by atoms with E-state index in [1.807, 2.05) is 36.5 Å². The van der Waals surface area contributed by atoms with Crippen molar-refractivity contribution in [2.24, 2.45) is 0 Å². The lowest BCUT2D eigenvalue weighted by molar-refractivity contribution is 0.102. The second-order valence-corrected chi connectivity index (χ2v) is 10.8. The molecule has 34 heavy (non-hydrogen) atoms. The molecule has 4 heteroatoms. The highest BCUT2D eigenvalue weighted by molar-refractivity contribution is 6.05. The van der Waals surface area contributed by atoms with Gasteiger partial charge in [-0.25, -0.2) is 4.39 Å². The third-order valence-electron chi connectivity index (χ3n) is 7.41. The first-order valence-electron chi connectivity index (χ1n) is 11.9. The Hall–Kier alpha value is -3.40. The Morgan fingerprint density at radius 1 is 0.882 bits per heavy atom. The van der Waals surface area contributed by atoms with Gasteiger partial charge in [0.05, 0.1) is 0 Å². The molecule has 0 unspecified atom stereocenters. The number of benzene rings is 3. The van der Waals surface area contributed by atoms with Gasteiger partial charge in [0.1, 0.15) is 5.82 Å². The molecule has 0 spiro atoms. The molecule has 0 saturated heterocycles. The van der Waals surface area contributed by atoms with E-state index in [1.54, 1.807) is 12.1 Å². The van der Waals surface area contributed by atoms with Crippen molar-refractivity contribution in [2.75, 3.05) is 5.32 Å². The van der Waals surface area contributed by atoms with Crippen LogP contribution in [-0.4, -0.2) is 10.5 Å². The molecule has 0 atom stereocenters. The molecule has 0 bridgehead atoms. The summed E-state index contributed by atoms with van der Waals surface area (Å²) >= 11 is 0. The van der Waals surface area contributed by atoms with Crippen LogP contribution in [0, 0.1) is 5.82 Å². The number of anilines is 1. The number of hydrogen-bond acceptors (Lipinski definition) is 1. The Bertz CT molecular complexity index is 1380. The molecule has 0 saturated carbocycles. The van der Waals surface area contributed by atoms with Crippen LogP contribution in [0.1, 0.15) is 67.6 Å².